The van der Waals surface area contributed by atoms with E-state index in [1.54, 1.807) is 6.92 Å². The summed E-state index contributed by atoms with van der Waals surface area (Å²) in [6.07, 6.45) is 2.56. The first-order valence-corrected chi connectivity index (χ1v) is 10.7. The maximum atomic E-state index is 11.0. The van der Waals surface area contributed by atoms with Crippen molar-refractivity contribution in [1.29, 1.82) is 5.26 Å². The largest absolute Gasteiger partial charge is 0.388 e. The van der Waals surface area contributed by atoms with Crippen LogP contribution in [0, 0.1) is 16.7 Å². The Bertz CT molecular complexity index is 684. The van der Waals surface area contributed by atoms with Gasteiger partial charge in [0.15, 0.2) is 5.60 Å². The normalized spacial score (nSPS) is 21.6. The monoisotopic (exact) mass is 386 g/mol. The van der Waals surface area contributed by atoms with Gasteiger partial charge in [-0.05, 0) is 49.1 Å². The van der Waals surface area contributed by atoms with Crippen molar-refractivity contribution in [2.75, 3.05) is 0 Å². The lowest BCUT2D eigenvalue weighted by Crippen LogP contribution is -2.58. The second-order valence-corrected chi connectivity index (χ2v) is 9.40. The molecule has 1 heterocycles. The van der Waals surface area contributed by atoms with E-state index in [0.717, 1.165) is 25.7 Å². The highest BCUT2D eigenvalue weighted by molar-refractivity contribution is 5.44. The van der Waals surface area contributed by atoms with Crippen molar-refractivity contribution in [3.05, 3.63) is 35.4 Å². The van der Waals surface area contributed by atoms with Crippen LogP contribution in [0.25, 0.3) is 0 Å². The Balaban J connectivity index is 2.70. The number of aliphatic hydroxyl groups is 1. The average Bonchev–Trinajstić information content (AvgIpc) is 2.92. The summed E-state index contributed by atoms with van der Waals surface area (Å²) in [5, 5.41) is 23.2. The number of hydroxylamine groups is 2. The van der Waals surface area contributed by atoms with Crippen molar-refractivity contribution >= 4 is 0 Å². The first-order chi connectivity index (χ1) is 13.0. The lowest BCUT2D eigenvalue weighted by molar-refractivity contribution is -0.340. The third-order valence-electron chi connectivity index (χ3n) is 6.89. The molecule has 1 N–H and O–H groups in total. The van der Waals surface area contributed by atoms with Crippen molar-refractivity contribution in [2.24, 2.45) is 5.41 Å². The van der Waals surface area contributed by atoms with Gasteiger partial charge in [0, 0.05) is 0 Å². The molecule has 0 saturated heterocycles. The van der Waals surface area contributed by atoms with Gasteiger partial charge in [-0.2, -0.15) is 10.3 Å². The van der Waals surface area contributed by atoms with E-state index >= 15 is 0 Å². The maximum Gasteiger partial charge on any atom is 0.198 e. The van der Waals surface area contributed by atoms with E-state index in [-0.39, 0.29) is 11.1 Å². The summed E-state index contributed by atoms with van der Waals surface area (Å²) >= 11 is 0. The zero-order valence-corrected chi connectivity index (χ0v) is 19.0. The van der Waals surface area contributed by atoms with Crippen LogP contribution in [0.15, 0.2) is 24.3 Å². The first kappa shape index (κ1) is 22.9. The molecule has 0 spiro atoms. The molecule has 156 valence electrons. The van der Waals surface area contributed by atoms with Gasteiger partial charge in [0.2, 0.25) is 0 Å². The van der Waals surface area contributed by atoms with Gasteiger partial charge >= 0.3 is 0 Å². The second-order valence-electron chi connectivity index (χ2n) is 9.40. The number of nitriles is 1. The molecule has 28 heavy (non-hydrogen) atoms. The van der Waals surface area contributed by atoms with E-state index in [0.29, 0.717) is 0 Å². The molecular weight excluding hydrogens is 348 g/mol. The minimum absolute atomic E-state index is 0.321. The highest BCUT2D eigenvalue weighted by atomic mass is 16.7. The number of nitrogens with zero attached hydrogens (tertiary/aromatic N) is 2. The molecule has 1 aliphatic rings. The maximum absolute atomic E-state index is 11.0. The van der Waals surface area contributed by atoms with Gasteiger partial charge < -0.3 is 5.11 Å². The fourth-order valence-electron chi connectivity index (χ4n) is 5.08. The van der Waals surface area contributed by atoms with Gasteiger partial charge in [0.1, 0.15) is 12.2 Å². The summed E-state index contributed by atoms with van der Waals surface area (Å²) in [6, 6.07) is 10.9. The van der Waals surface area contributed by atoms with Crippen LogP contribution >= 0.6 is 0 Å². The van der Waals surface area contributed by atoms with Crippen molar-refractivity contribution < 1.29 is 9.94 Å². The van der Waals surface area contributed by atoms with Crippen molar-refractivity contribution in [3.63, 3.8) is 0 Å². The van der Waals surface area contributed by atoms with E-state index in [2.05, 4.69) is 63.1 Å². The summed E-state index contributed by atoms with van der Waals surface area (Å²) < 4.78 is 0. The zero-order chi connectivity index (χ0) is 21.4. The van der Waals surface area contributed by atoms with Gasteiger partial charge in [0.05, 0.1) is 11.1 Å². The molecule has 0 saturated carbocycles. The zero-order valence-electron chi connectivity index (χ0n) is 19.0. The number of aliphatic hydroxyl groups excluding tert-OH is 1. The van der Waals surface area contributed by atoms with Crippen LogP contribution in [0.5, 0.6) is 0 Å². The molecule has 0 radical (unpaired) electrons. The third kappa shape index (κ3) is 3.18. The topological polar surface area (TPSA) is 56.5 Å². The molecule has 1 aliphatic heterocycles. The predicted molar refractivity (Wildman–Crippen MR) is 113 cm³/mol. The van der Waals surface area contributed by atoms with Crippen LogP contribution in [0.1, 0.15) is 92.2 Å². The Morgan fingerprint density at radius 2 is 1.36 bits per heavy atom. The van der Waals surface area contributed by atoms with Crippen LogP contribution in [-0.4, -0.2) is 21.9 Å². The van der Waals surface area contributed by atoms with E-state index in [9.17, 15) is 10.4 Å². The first-order valence-electron chi connectivity index (χ1n) is 10.7. The molecule has 2 unspecified atom stereocenters. The quantitative estimate of drug-likeness (QED) is 0.657. The molecule has 1 aromatic carbocycles. The molecule has 0 aliphatic carbocycles. The fraction of sp³-hybridized carbons (Fsp3) is 0.708. The summed E-state index contributed by atoms with van der Waals surface area (Å²) in [5.74, 6) is 0. The van der Waals surface area contributed by atoms with Crippen molar-refractivity contribution in [3.8, 4) is 6.07 Å². The van der Waals surface area contributed by atoms with E-state index < -0.39 is 17.1 Å². The number of fused-ring (bicyclic) bond motifs is 1. The lowest BCUT2D eigenvalue weighted by atomic mass is 9.80. The summed E-state index contributed by atoms with van der Waals surface area (Å²) in [5.41, 5.74) is 0.116. The van der Waals surface area contributed by atoms with Crippen LogP contribution in [0.4, 0.5) is 0 Å². The molecule has 4 nitrogen and oxygen atoms in total. The van der Waals surface area contributed by atoms with Gasteiger partial charge in [-0.25, -0.2) is 0 Å². The summed E-state index contributed by atoms with van der Waals surface area (Å²) in [6.45, 7) is 16.3. The van der Waals surface area contributed by atoms with E-state index in [4.69, 9.17) is 4.84 Å². The molecule has 2 rings (SSSR count). The fourth-order valence-corrected chi connectivity index (χ4v) is 5.08. The van der Waals surface area contributed by atoms with Gasteiger partial charge in [-0.3, -0.25) is 4.84 Å². The highest BCUT2D eigenvalue weighted by Gasteiger charge is 2.59. The van der Waals surface area contributed by atoms with Crippen LogP contribution < -0.4 is 0 Å². The Hall–Kier alpha value is -1.41. The molecule has 4 heteroatoms. The molecule has 1 aromatic rings. The van der Waals surface area contributed by atoms with Crippen molar-refractivity contribution in [2.45, 2.75) is 104 Å². The smallest absolute Gasteiger partial charge is 0.198 e. The minimum atomic E-state index is -1.34. The highest BCUT2D eigenvalue weighted by Crippen LogP contribution is 2.57. The molecular formula is C24H38N2O2. The standard InChI is InChI=1S/C24H38N2O2/c1-9-23(10-2)18-15-13-14-16-19(18)24(11-3,12-4)26(23)28-22(8,17-25)20(27)21(5,6)7/h13-16,20,27H,9-12H2,1-8H3. The Morgan fingerprint density at radius 3 is 1.64 bits per heavy atom. The minimum Gasteiger partial charge on any atom is -0.388 e. The van der Waals surface area contributed by atoms with Gasteiger partial charge in [-0.15, -0.1) is 0 Å². The Kier molecular flexibility index (Phi) is 6.36. The van der Waals surface area contributed by atoms with E-state index in [1.165, 1.54) is 11.1 Å². The molecule has 0 fully saturated rings. The predicted octanol–water partition coefficient (Wildman–Crippen LogP) is 5.65. The molecule has 2 atom stereocenters. The SMILES string of the molecule is CCC1(CC)c2ccccc2C(CC)(CC)N1OC(C)(C#N)C(O)C(C)(C)C. The Morgan fingerprint density at radius 1 is 0.964 bits per heavy atom. The van der Waals surface area contributed by atoms with Gasteiger partial charge in [0.25, 0.3) is 0 Å². The lowest BCUT2D eigenvalue weighted by Gasteiger charge is -2.50. The van der Waals surface area contributed by atoms with E-state index in [1.807, 2.05) is 20.8 Å². The van der Waals surface area contributed by atoms with Crippen LogP contribution in [-0.2, 0) is 15.9 Å². The van der Waals surface area contributed by atoms with Crippen LogP contribution in [0.2, 0.25) is 0 Å². The number of benzene rings is 1. The third-order valence-corrected chi connectivity index (χ3v) is 6.89. The molecule has 0 bridgehead atoms. The second kappa shape index (κ2) is 7.78. The number of hydrogen-bond donors (Lipinski definition) is 1. The summed E-state index contributed by atoms with van der Waals surface area (Å²) in [7, 11) is 0. The average molecular weight is 387 g/mol. The molecule has 0 amide bonds. The summed E-state index contributed by atoms with van der Waals surface area (Å²) in [4.78, 5) is 6.64. The van der Waals surface area contributed by atoms with Crippen molar-refractivity contribution in [1.82, 2.24) is 5.06 Å². The number of rotatable bonds is 7. The van der Waals surface area contributed by atoms with Gasteiger partial charge in [-0.1, -0.05) is 72.7 Å². The number of hydrogen-bond acceptors (Lipinski definition) is 4. The molecule has 0 aromatic heterocycles. The van der Waals surface area contributed by atoms with Crippen LogP contribution in [0.3, 0.4) is 0 Å². The Labute approximate surface area is 171 Å².